The van der Waals surface area contributed by atoms with Gasteiger partial charge < -0.3 is 10.5 Å². The molecule has 4 N–H and O–H groups in total. The average molecular weight is 359 g/mol. The van der Waals surface area contributed by atoms with E-state index in [1.165, 1.54) is 13.1 Å². The summed E-state index contributed by atoms with van der Waals surface area (Å²) in [6.07, 6.45) is -3.18. The number of anilines is 1. The van der Waals surface area contributed by atoms with Gasteiger partial charge in [0.2, 0.25) is 0 Å². The minimum Gasteiger partial charge on any atom is -0.443 e. The lowest BCUT2D eigenvalue weighted by atomic mass is 10.1. The molecule has 0 spiro atoms. The minimum atomic E-state index is -4.63. The molecule has 7 nitrogen and oxygen atoms in total. The van der Waals surface area contributed by atoms with Gasteiger partial charge >= 0.3 is 12.3 Å². The number of allylic oxidation sites excluding steroid dienone is 1. The Labute approximate surface area is 143 Å². The third-order valence-electron chi connectivity index (χ3n) is 2.63. The highest BCUT2D eigenvalue weighted by molar-refractivity contribution is 6.08. The van der Waals surface area contributed by atoms with Crippen LogP contribution in [0.4, 0.5) is 23.8 Å². The van der Waals surface area contributed by atoms with E-state index in [0.29, 0.717) is 0 Å². The highest BCUT2D eigenvalue weighted by Crippen LogP contribution is 2.32. The Balaban J connectivity index is 3.10. The van der Waals surface area contributed by atoms with Gasteiger partial charge in [0, 0.05) is 7.05 Å². The normalized spacial score (nSPS) is 13.0. The first-order chi connectivity index (χ1) is 11.5. The van der Waals surface area contributed by atoms with Gasteiger partial charge in [-0.15, -0.1) is 0 Å². The van der Waals surface area contributed by atoms with Crippen LogP contribution >= 0.6 is 0 Å². The van der Waals surface area contributed by atoms with E-state index in [-0.39, 0.29) is 11.5 Å². The van der Waals surface area contributed by atoms with Gasteiger partial charge in [-0.1, -0.05) is 0 Å². The molecule has 10 heteroatoms. The highest BCUT2D eigenvalue weighted by Gasteiger charge is 2.35. The maximum absolute atomic E-state index is 13.2. The maximum atomic E-state index is 13.2. The number of nitrogens with zero attached hydrogens (tertiary/aromatic N) is 2. The summed E-state index contributed by atoms with van der Waals surface area (Å²) >= 11 is 0. The Morgan fingerprint density at radius 3 is 2.44 bits per heavy atom. The van der Waals surface area contributed by atoms with Gasteiger partial charge in [-0.25, -0.2) is 15.2 Å². The molecular formula is C15H20F3N5O2. The molecular weight excluding hydrogens is 339 g/mol. The number of hydrazine groups is 1. The zero-order valence-electron chi connectivity index (χ0n) is 14.2. The number of aliphatic imine (C=N–C) groups is 1. The van der Waals surface area contributed by atoms with Gasteiger partial charge in [-0.05, 0) is 45.2 Å². The van der Waals surface area contributed by atoms with Crippen molar-refractivity contribution in [3.05, 3.63) is 35.7 Å². The maximum Gasteiger partial charge on any atom is 0.426 e. The van der Waals surface area contributed by atoms with E-state index in [2.05, 4.69) is 20.8 Å². The minimum absolute atomic E-state index is 0.0274. The second kappa shape index (κ2) is 7.86. The number of carbonyl (C=O) groups excluding carboxylic acids is 1. The molecule has 25 heavy (non-hydrogen) atoms. The SMILES string of the molecule is CN=C(/C=C\N)c1nc(NNC(=O)OC(C)(C)C)ccc1C(F)(F)F. The second-order valence-electron chi connectivity index (χ2n) is 5.81. The smallest absolute Gasteiger partial charge is 0.426 e. The summed E-state index contributed by atoms with van der Waals surface area (Å²) in [5.74, 6) is -0.0274. The zero-order chi connectivity index (χ0) is 19.3. The second-order valence-corrected chi connectivity index (χ2v) is 5.81. The topological polar surface area (TPSA) is 102 Å². The Morgan fingerprint density at radius 1 is 1.32 bits per heavy atom. The fourth-order valence-electron chi connectivity index (χ4n) is 1.72. The van der Waals surface area contributed by atoms with Crippen LogP contribution < -0.4 is 16.6 Å². The van der Waals surface area contributed by atoms with Crippen LogP contribution in [0.2, 0.25) is 0 Å². The molecule has 0 fully saturated rings. The molecule has 1 amide bonds. The molecule has 0 bridgehead atoms. The summed E-state index contributed by atoms with van der Waals surface area (Å²) in [7, 11) is 1.32. The van der Waals surface area contributed by atoms with Crippen LogP contribution in [0.1, 0.15) is 32.0 Å². The van der Waals surface area contributed by atoms with Crippen LogP contribution in [0.25, 0.3) is 0 Å². The van der Waals surface area contributed by atoms with Crippen molar-refractivity contribution in [1.82, 2.24) is 10.4 Å². The summed E-state index contributed by atoms with van der Waals surface area (Å²) in [5, 5.41) is 0. The molecule has 0 atom stereocenters. The zero-order valence-corrected chi connectivity index (χ0v) is 14.2. The van der Waals surface area contributed by atoms with Crippen LogP contribution in [-0.2, 0) is 10.9 Å². The number of rotatable bonds is 4. The lowest BCUT2D eigenvalue weighted by Crippen LogP contribution is -2.36. The molecule has 0 saturated heterocycles. The average Bonchev–Trinajstić information content (AvgIpc) is 2.47. The van der Waals surface area contributed by atoms with Crippen LogP contribution in [0.5, 0.6) is 0 Å². The molecule has 0 aliphatic heterocycles. The number of pyridine rings is 1. The number of hydrogen-bond donors (Lipinski definition) is 3. The summed E-state index contributed by atoms with van der Waals surface area (Å²) in [6.45, 7) is 5.01. The molecule has 1 aromatic rings. The van der Waals surface area contributed by atoms with Crippen molar-refractivity contribution in [2.24, 2.45) is 10.7 Å². The molecule has 0 aliphatic carbocycles. The van der Waals surface area contributed by atoms with E-state index < -0.39 is 29.1 Å². The Bertz CT molecular complexity index is 679. The summed E-state index contributed by atoms with van der Waals surface area (Å²) in [4.78, 5) is 19.2. The Morgan fingerprint density at radius 2 is 1.96 bits per heavy atom. The fourth-order valence-corrected chi connectivity index (χ4v) is 1.72. The van der Waals surface area contributed by atoms with Crippen molar-refractivity contribution in [2.45, 2.75) is 32.5 Å². The number of alkyl halides is 3. The first-order valence-corrected chi connectivity index (χ1v) is 7.16. The van der Waals surface area contributed by atoms with Crippen molar-refractivity contribution in [1.29, 1.82) is 0 Å². The van der Waals surface area contributed by atoms with Crippen LogP contribution in [-0.4, -0.2) is 29.4 Å². The Kier molecular flexibility index (Phi) is 6.37. The van der Waals surface area contributed by atoms with Crippen LogP contribution in [0.15, 0.2) is 29.4 Å². The molecule has 0 saturated carbocycles. The first-order valence-electron chi connectivity index (χ1n) is 7.16. The molecule has 1 rings (SSSR count). The van der Waals surface area contributed by atoms with E-state index in [1.807, 2.05) is 0 Å². The molecule has 138 valence electrons. The number of nitrogens with two attached hydrogens (primary N) is 1. The predicted molar refractivity (Wildman–Crippen MR) is 88.0 cm³/mol. The van der Waals surface area contributed by atoms with Gasteiger partial charge in [-0.3, -0.25) is 10.4 Å². The third-order valence-corrected chi connectivity index (χ3v) is 2.63. The third kappa shape index (κ3) is 6.32. The van der Waals surface area contributed by atoms with Gasteiger partial charge in [0.05, 0.1) is 11.3 Å². The van der Waals surface area contributed by atoms with Crippen molar-refractivity contribution in [3.63, 3.8) is 0 Å². The lowest BCUT2D eigenvalue weighted by molar-refractivity contribution is -0.137. The number of ether oxygens (including phenoxy) is 1. The number of hydrogen-bond acceptors (Lipinski definition) is 6. The number of aromatic nitrogens is 1. The molecule has 0 aliphatic rings. The largest absolute Gasteiger partial charge is 0.443 e. The van der Waals surface area contributed by atoms with E-state index in [0.717, 1.165) is 18.3 Å². The van der Waals surface area contributed by atoms with Crippen LogP contribution in [0.3, 0.4) is 0 Å². The van der Waals surface area contributed by atoms with E-state index in [4.69, 9.17) is 10.5 Å². The quantitative estimate of drug-likeness (QED) is 0.567. The first kappa shape index (κ1) is 20.3. The fraction of sp³-hybridized carbons (Fsp3) is 0.400. The van der Waals surface area contributed by atoms with Gasteiger partial charge in [-0.2, -0.15) is 13.2 Å². The lowest BCUT2D eigenvalue weighted by Gasteiger charge is -2.20. The number of amides is 1. The number of carbonyl (C=O) groups is 1. The van der Waals surface area contributed by atoms with Crippen molar-refractivity contribution in [2.75, 3.05) is 12.5 Å². The molecule has 1 heterocycles. The van der Waals surface area contributed by atoms with E-state index in [1.54, 1.807) is 20.8 Å². The van der Waals surface area contributed by atoms with Crippen molar-refractivity contribution in [3.8, 4) is 0 Å². The van der Waals surface area contributed by atoms with Gasteiger partial charge in [0.25, 0.3) is 0 Å². The standard InChI is InChI=1S/C15H20F3N5O2/c1-14(2,3)25-13(24)23-22-11-6-5-9(15(16,17)18)12(21-11)10(20-4)7-8-19/h5-8H,19H2,1-4H3,(H,21,22)(H,23,24)/b8-7-,20-10?. The van der Waals surface area contributed by atoms with Crippen molar-refractivity contribution >= 4 is 17.6 Å². The van der Waals surface area contributed by atoms with E-state index in [9.17, 15) is 18.0 Å². The molecule has 1 aromatic heterocycles. The highest BCUT2D eigenvalue weighted by atomic mass is 19.4. The monoisotopic (exact) mass is 359 g/mol. The van der Waals surface area contributed by atoms with Crippen molar-refractivity contribution < 1.29 is 22.7 Å². The Hall–Kier alpha value is -2.78. The molecule has 0 aromatic carbocycles. The molecule has 0 unspecified atom stereocenters. The summed E-state index contributed by atoms with van der Waals surface area (Å²) in [6, 6.07) is 1.90. The molecule has 0 radical (unpaired) electrons. The number of nitrogens with one attached hydrogen (secondary N) is 2. The van der Waals surface area contributed by atoms with Gasteiger partial charge in [0.15, 0.2) is 0 Å². The number of halogens is 3. The van der Waals surface area contributed by atoms with Crippen LogP contribution in [0, 0.1) is 0 Å². The van der Waals surface area contributed by atoms with E-state index >= 15 is 0 Å². The van der Waals surface area contributed by atoms with Gasteiger partial charge in [0.1, 0.15) is 17.1 Å². The summed E-state index contributed by atoms with van der Waals surface area (Å²) < 4.78 is 44.5. The summed E-state index contributed by atoms with van der Waals surface area (Å²) in [5.41, 5.74) is 7.64. The predicted octanol–water partition coefficient (Wildman–Crippen LogP) is 2.84.